The molecule has 8 amide bonds. The van der Waals surface area contributed by atoms with Gasteiger partial charge in [-0.25, -0.2) is 9.59 Å². The lowest BCUT2D eigenvalue weighted by atomic mass is 9.96. The van der Waals surface area contributed by atoms with E-state index in [1.165, 1.54) is 0 Å². The number of nitrogens with two attached hydrogens (primary N) is 2. The molecule has 0 fully saturated rings. The number of aliphatic hydroxyl groups is 4. The Labute approximate surface area is 396 Å². The molecule has 0 aromatic rings. The second-order valence-electron chi connectivity index (χ2n) is 18.2. The van der Waals surface area contributed by atoms with Crippen LogP contribution in [0.4, 0.5) is 4.79 Å². The summed E-state index contributed by atoms with van der Waals surface area (Å²) in [6, 6.07) is -10.9. The number of guanidine groups is 1. The summed E-state index contributed by atoms with van der Waals surface area (Å²) in [6.07, 6.45) is -5.20. The van der Waals surface area contributed by atoms with Crippen LogP contribution in [0, 0.1) is 17.8 Å². The molecule has 0 aromatic heterocycles. The molecule has 0 aliphatic rings. The Morgan fingerprint density at radius 2 is 1.12 bits per heavy atom. The SMILES string of the molecule is CC[C@H](C)[C@H](NC(=O)[C@@H](CCCN=C(N)N)NC(=O)[C@H](CC(C)C)NC(=O)[C@@H](NC(=O)OC(C)(C)C)[C@H](O)C(C)C)C(=O)N[C@H](C(=O)NCC(=O)N[C@H](C(=O)N[C@@H](CO)C(=O)O)[C@@H](C)O)[C@H](C)O. The number of nitrogens with one attached hydrogen (secondary N) is 8. The van der Waals surface area contributed by atoms with Crippen LogP contribution in [0.2, 0.25) is 0 Å². The van der Waals surface area contributed by atoms with Crippen molar-refractivity contribution in [1.82, 2.24) is 42.5 Å². The highest BCUT2D eigenvalue weighted by atomic mass is 16.6. The van der Waals surface area contributed by atoms with Gasteiger partial charge in [0.1, 0.15) is 47.9 Å². The molecule has 26 heteroatoms. The van der Waals surface area contributed by atoms with Crippen LogP contribution in [-0.4, -0.2) is 171 Å². The lowest BCUT2D eigenvalue weighted by Crippen LogP contribution is -2.62. The zero-order valence-corrected chi connectivity index (χ0v) is 40.9. The number of carboxylic acid groups (broad SMARTS) is 1. The van der Waals surface area contributed by atoms with Gasteiger partial charge in [0, 0.05) is 6.54 Å². The van der Waals surface area contributed by atoms with Crippen LogP contribution in [0.1, 0.15) is 102 Å². The summed E-state index contributed by atoms with van der Waals surface area (Å²) in [7, 11) is 0. The van der Waals surface area contributed by atoms with E-state index >= 15 is 0 Å². The number of aliphatic carboxylic acids is 1. The summed E-state index contributed by atoms with van der Waals surface area (Å²) in [4.78, 5) is 122. The molecule has 0 aliphatic carbocycles. The maximum atomic E-state index is 14.1. The van der Waals surface area contributed by atoms with E-state index in [4.69, 9.17) is 21.3 Å². The molecule has 0 saturated heterocycles. The van der Waals surface area contributed by atoms with E-state index in [0.29, 0.717) is 6.42 Å². The molecule has 0 rings (SSSR count). The van der Waals surface area contributed by atoms with Gasteiger partial charge >= 0.3 is 12.1 Å². The molecule has 0 radical (unpaired) electrons. The number of carbonyl (C=O) groups excluding carboxylic acids is 8. The number of amides is 8. The minimum absolute atomic E-state index is 0.0273. The Bertz CT molecular complexity index is 1740. The van der Waals surface area contributed by atoms with Crippen molar-refractivity contribution in [3.8, 4) is 0 Å². The lowest BCUT2D eigenvalue weighted by Gasteiger charge is -2.31. The fourth-order valence-electron chi connectivity index (χ4n) is 6.09. The molecule has 0 bridgehead atoms. The predicted molar refractivity (Wildman–Crippen MR) is 246 cm³/mol. The van der Waals surface area contributed by atoms with Crippen LogP contribution in [0.3, 0.4) is 0 Å². The fraction of sp³-hybridized carbons (Fsp3) is 0.762. The summed E-state index contributed by atoms with van der Waals surface area (Å²) in [5, 5.41) is 68.7. The summed E-state index contributed by atoms with van der Waals surface area (Å²) in [5.74, 6) is -10.1. The maximum Gasteiger partial charge on any atom is 0.408 e. The maximum absolute atomic E-state index is 14.1. The van der Waals surface area contributed by atoms with E-state index in [-0.39, 0.29) is 37.7 Å². The van der Waals surface area contributed by atoms with Crippen LogP contribution in [0.25, 0.3) is 0 Å². The Balaban J connectivity index is 6.49. The predicted octanol–water partition coefficient (Wildman–Crippen LogP) is -4.09. The quantitative estimate of drug-likeness (QED) is 0.0192. The number of hydrogen-bond acceptors (Lipinski definition) is 15. The van der Waals surface area contributed by atoms with Gasteiger partial charge in [0.05, 0.1) is 31.5 Å². The first-order valence-electron chi connectivity index (χ1n) is 22.4. The molecule has 0 aliphatic heterocycles. The average molecular weight is 976 g/mol. The van der Waals surface area contributed by atoms with Gasteiger partial charge in [0.2, 0.25) is 41.4 Å². The van der Waals surface area contributed by atoms with Gasteiger partial charge in [-0.05, 0) is 71.6 Å². The monoisotopic (exact) mass is 976 g/mol. The summed E-state index contributed by atoms with van der Waals surface area (Å²) < 4.78 is 5.28. The standard InChI is InChI=1S/C42H77N11O15/c1-12-21(6)28(36(62)52-29(22(7)55)35(61)46-17-27(57)50-30(23(8)56)37(63)49-26(18-54)39(65)66)51-33(59)24(14-13-15-45-40(43)44)47-34(60)25(16-19(2)3)48-38(64)31(32(58)20(4)5)53-41(67)68-42(9,10)11/h19-26,28-32,54-56,58H,12-18H2,1-11H3,(H,46,61)(H,47,60)(H,48,64)(H,49,63)(H,50,57)(H,51,59)(H,52,62)(H,53,67)(H,65,66)(H4,43,44,45)/t21-,22-,23+,24+,25-,26-,28-,29-,30-,31-,32+/m0/s1. The van der Waals surface area contributed by atoms with Gasteiger partial charge < -0.3 is 84.3 Å². The largest absolute Gasteiger partial charge is 0.480 e. The molecule has 0 aromatic carbocycles. The molecule has 0 unspecified atom stereocenters. The molecule has 11 atom stereocenters. The Morgan fingerprint density at radius 3 is 1.59 bits per heavy atom. The van der Waals surface area contributed by atoms with Gasteiger partial charge in [0.25, 0.3) is 0 Å². The zero-order valence-electron chi connectivity index (χ0n) is 40.9. The molecule has 26 nitrogen and oxygen atoms in total. The number of ether oxygens (including phenoxy) is 1. The first kappa shape index (κ1) is 62.1. The Hall–Kier alpha value is -5.86. The number of carbonyl (C=O) groups is 9. The van der Waals surface area contributed by atoms with Crippen molar-refractivity contribution in [3.05, 3.63) is 0 Å². The number of rotatable bonds is 29. The van der Waals surface area contributed by atoms with Crippen LogP contribution >= 0.6 is 0 Å². The van der Waals surface area contributed by atoms with Crippen molar-refractivity contribution >= 4 is 59.4 Å². The number of alkyl carbamates (subject to hydrolysis) is 1. The molecule has 68 heavy (non-hydrogen) atoms. The minimum atomic E-state index is -1.75. The van der Waals surface area contributed by atoms with Gasteiger partial charge in [0.15, 0.2) is 5.96 Å². The van der Waals surface area contributed by atoms with Crippen LogP contribution in [0.15, 0.2) is 4.99 Å². The van der Waals surface area contributed by atoms with E-state index in [2.05, 4.69) is 42.2 Å². The first-order valence-corrected chi connectivity index (χ1v) is 22.4. The van der Waals surface area contributed by atoms with Gasteiger partial charge in [-0.2, -0.15) is 0 Å². The molecule has 0 saturated carbocycles. The first-order chi connectivity index (χ1) is 31.4. The van der Waals surface area contributed by atoms with Crippen molar-refractivity contribution in [2.24, 2.45) is 34.2 Å². The number of carboxylic acids is 1. The number of aliphatic hydroxyl groups excluding tert-OH is 4. The summed E-state index contributed by atoms with van der Waals surface area (Å²) in [5.41, 5.74) is 9.99. The van der Waals surface area contributed by atoms with E-state index < -0.39 is 145 Å². The normalized spacial score (nSPS) is 16.3. The molecule has 0 spiro atoms. The van der Waals surface area contributed by atoms with Crippen molar-refractivity contribution < 1.29 is 73.4 Å². The van der Waals surface area contributed by atoms with Gasteiger partial charge in [-0.1, -0.05) is 48.0 Å². The van der Waals surface area contributed by atoms with Gasteiger partial charge in [-0.3, -0.25) is 38.6 Å². The second kappa shape index (κ2) is 29.8. The summed E-state index contributed by atoms with van der Waals surface area (Å²) >= 11 is 0. The molecule has 17 N–H and O–H groups in total. The van der Waals surface area contributed by atoms with E-state index in [1.54, 1.807) is 62.3 Å². The van der Waals surface area contributed by atoms with Crippen molar-refractivity contribution in [3.63, 3.8) is 0 Å². The third kappa shape index (κ3) is 23.2. The number of hydrogen-bond donors (Lipinski definition) is 15. The van der Waals surface area contributed by atoms with Crippen molar-refractivity contribution in [2.75, 3.05) is 19.7 Å². The summed E-state index contributed by atoms with van der Waals surface area (Å²) in [6.45, 7) is 15.3. The number of nitrogens with zero attached hydrogens (tertiary/aromatic N) is 1. The third-order valence-electron chi connectivity index (χ3n) is 10.1. The fourth-order valence-corrected chi connectivity index (χ4v) is 6.09. The highest BCUT2D eigenvalue weighted by Crippen LogP contribution is 2.14. The third-order valence-corrected chi connectivity index (χ3v) is 10.1. The van der Waals surface area contributed by atoms with Crippen molar-refractivity contribution in [2.45, 2.75) is 168 Å². The Kier molecular flexibility index (Phi) is 27.2. The van der Waals surface area contributed by atoms with Crippen molar-refractivity contribution in [1.29, 1.82) is 0 Å². The van der Waals surface area contributed by atoms with Crippen LogP contribution < -0.4 is 54.0 Å². The molecular formula is C42H77N11O15. The second-order valence-corrected chi connectivity index (χ2v) is 18.2. The molecule has 0 heterocycles. The molecular weight excluding hydrogens is 899 g/mol. The van der Waals surface area contributed by atoms with E-state index in [0.717, 1.165) is 13.8 Å². The minimum Gasteiger partial charge on any atom is -0.480 e. The van der Waals surface area contributed by atoms with Gasteiger partial charge in [-0.15, -0.1) is 0 Å². The smallest absolute Gasteiger partial charge is 0.408 e. The highest BCUT2D eigenvalue weighted by Gasteiger charge is 2.38. The van der Waals surface area contributed by atoms with Crippen LogP contribution in [-0.2, 0) is 43.1 Å². The Morgan fingerprint density at radius 1 is 0.632 bits per heavy atom. The average Bonchev–Trinajstić information content (AvgIpc) is 3.22. The highest BCUT2D eigenvalue weighted by molar-refractivity contribution is 5.97. The molecule has 390 valence electrons. The van der Waals surface area contributed by atoms with E-state index in [9.17, 15) is 63.6 Å². The van der Waals surface area contributed by atoms with E-state index in [1.807, 2.05) is 5.32 Å². The topological polar surface area (TPSA) is 425 Å². The lowest BCUT2D eigenvalue weighted by molar-refractivity contribution is -0.144. The van der Waals surface area contributed by atoms with Crippen LogP contribution in [0.5, 0.6) is 0 Å². The number of aliphatic imine (C=N–C) groups is 1. The zero-order chi connectivity index (χ0) is 52.8.